The Morgan fingerprint density at radius 3 is 1.81 bits per heavy atom. The van der Waals surface area contributed by atoms with Crippen molar-refractivity contribution in [3.63, 3.8) is 0 Å². The third-order valence-corrected chi connectivity index (χ3v) is 6.02. The van der Waals surface area contributed by atoms with E-state index in [4.69, 9.17) is 32.3 Å². The number of aliphatic carboxylic acids is 1. The molecule has 228 valence electrons. The molecule has 2 fully saturated rings. The zero-order valence-electron chi connectivity index (χ0n) is 24.3. The number of nitrogens with zero attached hydrogens (tertiary/aromatic N) is 4. The maximum Gasteiger partial charge on any atom is 0.300 e. The van der Waals surface area contributed by atoms with Gasteiger partial charge >= 0.3 is 0 Å². The molecule has 12 nitrogen and oxygen atoms in total. The topological polar surface area (TPSA) is 191 Å². The van der Waals surface area contributed by atoms with E-state index in [9.17, 15) is 5.11 Å². The van der Waals surface area contributed by atoms with E-state index >= 15 is 0 Å². The minimum atomic E-state index is -0.833. The normalized spacial score (nSPS) is 13.0. The van der Waals surface area contributed by atoms with E-state index in [0.717, 1.165) is 29.7 Å². The number of nitrogens with one attached hydrogen (secondary N) is 3. The Hall–Kier alpha value is -4.84. The van der Waals surface area contributed by atoms with E-state index in [1.165, 1.54) is 25.7 Å². The van der Waals surface area contributed by atoms with Crippen LogP contribution in [0.5, 0.6) is 11.5 Å². The van der Waals surface area contributed by atoms with Gasteiger partial charge in [-0.15, -0.1) is 0 Å². The number of rotatable bonds is 6. The standard InChI is InChI=1S/C14H16N4O.C8H10ClN3.C6H7NO.C2H4O2/c1-9-8-15-14(18-13(9)16-10-6-7-10)17-11-4-2-3-5-12(11)19;1-5-4-10-8(9)12-7(5)11-6-2-3-6;7-5-3-1-2-4-6(5)8;1-2(3)4/h2-5,8,10,19H,6-7H2,1H3,(H2,15,16,17,18);4,6H,2-3H2,1H3,(H,10,11,12);1-4,8H,7H2;1H3,(H,3,4). The first-order valence-electron chi connectivity index (χ1n) is 13.7. The monoisotopic (exact) mass is 608 g/mol. The van der Waals surface area contributed by atoms with E-state index in [-0.39, 0.29) is 11.5 Å². The SMILES string of the molecule is CC(=O)O.Cc1cnc(Cl)nc1NC1CC1.Cc1cnc(Nc2ccccc2O)nc1NC1CC1.Nc1ccccc1O. The second-order valence-corrected chi connectivity index (χ2v) is 10.3. The van der Waals surface area contributed by atoms with Crippen molar-refractivity contribution in [1.29, 1.82) is 0 Å². The Kier molecular flexibility index (Phi) is 12.1. The molecule has 43 heavy (non-hydrogen) atoms. The molecule has 2 saturated carbocycles. The molecular weight excluding hydrogens is 572 g/mol. The summed E-state index contributed by atoms with van der Waals surface area (Å²) in [7, 11) is 0. The van der Waals surface area contributed by atoms with Crippen LogP contribution < -0.4 is 21.7 Å². The molecule has 0 bridgehead atoms. The van der Waals surface area contributed by atoms with Gasteiger partial charge in [-0.05, 0) is 75.4 Å². The molecule has 0 atom stereocenters. The lowest BCUT2D eigenvalue weighted by Crippen LogP contribution is -2.07. The highest BCUT2D eigenvalue weighted by Crippen LogP contribution is 2.28. The number of aromatic nitrogens is 4. The van der Waals surface area contributed by atoms with Gasteiger partial charge in [-0.25, -0.2) is 15.0 Å². The summed E-state index contributed by atoms with van der Waals surface area (Å²) in [5.74, 6) is 1.71. The number of phenols is 2. The number of carbonyl (C=O) groups is 1. The summed E-state index contributed by atoms with van der Waals surface area (Å²) in [6.45, 7) is 5.04. The summed E-state index contributed by atoms with van der Waals surface area (Å²) in [6.07, 6.45) is 8.39. The zero-order chi connectivity index (χ0) is 31.4. The number of benzene rings is 2. The van der Waals surface area contributed by atoms with Crippen LogP contribution in [0.4, 0.5) is 29.0 Å². The molecule has 0 spiro atoms. The first-order valence-corrected chi connectivity index (χ1v) is 14.0. The fourth-order valence-electron chi connectivity index (χ4n) is 3.24. The molecule has 0 radical (unpaired) electrons. The van der Waals surface area contributed by atoms with Gasteiger partial charge in [-0.2, -0.15) is 4.98 Å². The molecule has 0 aliphatic heterocycles. The summed E-state index contributed by atoms with van der Waals surface area (Å²) in [4.78, 5) is 25.7. The van der Waals surface area contributed by atoms with Gasteiger partial charge < -0.3 is 37.0 Å². The predicted octanol–water partition coefficient (Wildman–Crippen LogP) is 5.89. The van der Waals surface area contributed by atoms with E-state index in [0.29, 0.717) is 34.7 Å². The van der Waals surface area contributed by atoms with Crippen LogP contribution in [0.1, 0.15) is 43.7 Å². The van der Waals surface area contributed by atoms with Gasteiger partial charge in [0.1, 0.15) is 23.1 Å². The van der Waals surface area contributed by atoms with E-state index in [1.54, 1.807) is 54.9 Å². The molecule has 2 aliphatic carbocycles. The van der Waals surface area contributed by atoms with Crippen molar-refractivity contribution < 1.29 is 20.1 Å². The quantitative estimate of drug-likeness (QED) is 0.0781. The van der Waals surface area contributed by atoms with Crippen molar-refractivity contribution in [2.24, 2.45) is 0 Å². The number of hydrogen-bond acceptors (Lipinski definition) is 11. The third kappa shape index (κ3) is 12.3. The van der Waals surface area contributed by atoms with Crippen molar-refractivity contribution in [2.75, 3.05) is 21.7 Å². The molecule has 13 heteroatoms. The zero-order valence-corrected chi connectivity index (χ0v) is 25.0. The molecular formula is C30H37ClN8O4. The van der Waals surface area contributed by atoms with Crippen LogP contribution >= 0.6 is 11.6 Å². The summed E-state index contributed by atoms with van der Waals surface area (Å²) in [6, 6.07) is 14.9. The van der Waals surface area contributed by atoms with Crippen LogP contribution in [0.2, 0.25) is 5.28 Å². The minimum absolute atomic E-state index is 0.146. The molecule has 2 heterocycles. The molecule has 2 aromatic carbocycles. The molecule has 8 N–H and O–H groups in total. The van der Waals surface area contributed by atoms with Crippen molar-refractivity contribution in [2.45, 2.75) is 58.5 Å². The average molecular weight is 609 g/mol. The lowest BCUT2D eigenvalue weighted by Gasteiger charge is -2.10. The highest BCUT2D eigenvalue weighted by molar-refractivity contribution is 6.28. The largest absolute Gasteiger partial charge is 0.506 e. The average Bonchev–Trinajstić information content (AvgIpc) is 3.89. The van der Waals surface area contributed by atoms with Crippen molar-refractivity contribution >= 4 is 46.5 Å². The lowest BCUT2D eigenvalue weighted by atomic mass is 10.3. The van der Waals surface area contributed by atoms with Crippen LogP contribution in [-0.2, 0) is 4.79 Å². The van der Waals surface area contributed by atoms with Crippen molar-refractivity contribution in [3.05, 3.63) is 77.3 Å². The molecule has 6 rings (SSSR count). The Balaban J connectivity index is 0.000000180. The Bertz CT molecular complexity index is 1470. The fourth-order valence-corrected chi connectivity index (χ4v) is 3.38. The predicted molar refractivity (Wildman–Crippen MR) is 169 cm³/mol. The van der Waals surface area contributed by atoms with E-state index in [2.05, 4.69) is 35.9 Å². The lowest BCUT2D eigenvalue weighted by molar-refractivity contribution is -0.134. The first-order chi connectivity index (χ1) is 20.5. The van der Waals surface area contributed by atoms with E-state index in [1.807, 2.05) is 19.9 Å². The Morgan fingerprint density at radius 1 is 0.837 bits per heavy atom. The number of nitrogens with two attached hydrogens (primary N) is 1. The van der Waals surface area contributed by atoms with Crippen LogP contribution in [0.3, 0.4) is 0 Å². The second kappa shape index (κ2) is 16.0. The van der Waals surface area contributed by atoms with Gasteiger partial charge in [0.05, 0.1) is 11.4 Å². The maximum absolute atomic E-state index is 9.72. The summed E-state index contributed by atoms with van der Waals surface area (Å²) < 4.78 is 0. The highest BCUT2D eigenvalue weighted by atomic mass is 35.5. The molecule has 4 aromatic rings. The van der Waals surface area contributed by atoms with Gasteiger partial charge in [-0.3, -0.25) is 4.79 Å². The van der Waals surface area contributed by atoms with Gasteiger partial charge in [0.15, 0.2) is 0 Å². The van der Waals surface area contributed by atoms with Crippen molar-refractivity contribution in [1.82, 2.24) is 19.9 Å². The summed E-state index contributed by atoms with van der Waals surface area (Å²) >= 11 is 5.66. The smallest absolute Gasteiger partial charge is 0.300 e. The number of hydrogen-bond donors (Lipinski definition) is 7. The molecule has 0 saturated heterocycles. The second-order valence-electron chi connectivity index (χ2n) is 9.95. The van der Waals surface area contributed by atoms with Crippen LogP contribution in [-0.4, -0.2) is 53.3 Å². The number of halogens is 1. The molecule has 0 amide bonds. The number of phenolic OH excluding ortho intramolecular Hbond substituents is 2. The van der Waals surface area contributed by atoms with Crippen LogP contribution in [0, 0.1) is 13.8 Å². The fraction of sp³-hybridized carbons (Fsp3) is 0.300. The maximum atomic E-state index is 9.72. The number of carboxylic acid groups (broad SMARTS) is 1. The van der Waals surface area contributed by atoms with Gasteiger partial charge in [0.25, 0.3) is 5.97 Å². The number of carboxylic acids is 1. The van der Waals surface area contributed by atoms with Gasteiger partial charge in [0.2, 0.25) is 11.2 Å². The molecule has 2 aromatic heterocycles. The highest BCUT2D eigenvalue weighted by Gasteiger charge is 2.23. The first kappa shape index (κ1) is 32.7. The Morgan fingerprint density at radius 2 is 1.33 bits per heavy atom. The number of anilines is 5. The number of nitrogen functional groups attached to an aromatic ring is 1. The third-order valence-electron chi connectivity index (χ3n) is 5.84. The summed E-state index contributed by atoms with van der Waals surface area (Å²) in [5, 5.41) is 35.9. The summed E-state index contributed by atoms with van der Waals surface area (Å²) in [5.41, 5.74) is 8.36. The number of aromatic hydroxyl groups is 2. The van der Waals surface area contributed by atoms with Gasteiger partial charge in [0, 0.05) is 42.5 Å². The number of aryl methyl sites for hydroxylation is 2. The Labute approximate surface area is 255 Å². The van der Waals surface area contributed by atoms with E-state index < -0.39 is 5.97 Å². The van der Waals surface area contributed by atoms with Crippen LogP contribution in [0.25, 0.3) is 0 Å². The molecule has 0 unspecified atom stereocenters. The molecule has 2 aliphatic rings. The van der Waals surface area contributed by atoms with Gasteiger partial charge in [-0.1, -0.05) is 24.3 Å². The number of para-hydroxylation sites is 4. The van der Waals surface area contributed by atoms with Crippen molar-refractivity contribution in [3.8, 4) is 11.5 Å². The minimum Gasteiger partial charge on any atom is -0.506 e. The van der Waals surface area contributed by atoms with Crippen LogP contribution in [0.15, 0.2) is 60.9 Å².